The Morgan fingerprint density at radius 2 is 1.83 bits per heavy atom. The maximum atomic E-state index is 12.6. The van der Waals surface area contributed by atoms with Gasteiger partial charge in [0.05, 0.1) is 12.0 Å². The summed E-state index contributed by atoms with van der Waals surface area (Å²) in [5.41, 5.74) is 3.01. The van der Waals surface area contributed by atoms with Crippen molar-refractivity contribution >= 4 is 5.91 Å². The van der Waals surface area contributed by atoms with Crippen LogP contribution < -0.4 is 5.32 Å². The molecule has 3 heteroatoms. The summed E-state index contributed by atoms with van der Waals surface area (Å²) in [7, 11) is 0. The van der Waals surface area contributed by atoms with Crippen molar-refractivity contribution in [3.05, 3.63) is 71.3 Å². The summed E-state index contributed by atoms with van der Waals surface area (Å²) in [4.78, 5) is 12.6. The molecule has 2 aromatic rings. The Hall–Kier alpha value is -2.13. The molecule has 1 amide bonds. The van der Waals surface area contributed by atoms with E-state index in [2.05, 4.69) is 5.32 Å². The van der Waals surface area contributed by atoms with E-state index >= 15 is 0 Å². The molecule has 1 fully saturated rings. The Morgan fingerprint density at radius 3 is 2.48 bits per heavy atom. The molecule has 2 aromatic carbocycles. The number of carbonyl (C=O) groups excluding carboxylic acids is 1. The van der Waals surface area contributed by atoms with Crippen LogP contribution in [-0.2, 0) is 4.79 Å². The number of carbonyl (C=O) groups is 1. The first-order valence-electron chi connectivity index (χ1n) is 8.22. The van der Waals surface area contributed by atoms with Gasteiger partial charge in [0, 0.05) is 6.54 Å². The van der Waals surface area contributed by atoms with Gasteiger partial charge in [0.1, 0.15) is 0 Å². The second-order valence-corrected chi connectivity index (χ2v) is 6.40. The Morgan fingerprint density at radius 1 is 1.13 bits per heavy atom. The zero-order valence-electron chi connectivity index (χ0n) is 13.4. The van der Waals surface area contributed by atoms with Crippen LogP contribution in [-0.4, -0.2) is 17.6 Å². The lowest BCUT2D eigenvalue weighted by molar-refractivity contribution is -0.123. The Bertz CT molecular complexity index is 664. The first kappa shape index (κ1) is 15.8. The molecule has 0 saturated heterocycles. The molecule has 3 nitrogen and oxygen atoms in total. The van der Waals surface area contributed by atoms with Gasteiger partial charge >= 0.3 is 0 Å². The highest BCUT2D eigenvalue weighted by Crippen LogP contribution is 2.42. The number of aryl methyl sites for hydroxylation is 1. The third kappa shape index (κ3) is 3.99. The van der Waals surface area contributed by atoms with Crippen molar-refractivity contribution in [3.8, 4) is 0 Å². The van der Waals surface area contributed by atoms with E-state index in [1.807, 2.05) is 61.5 Å². The number of rotatable bonds is 6. The molecule has 2 atom stereocenters. The van der Waals surface area contributed by atoms with Gasteiger partial charge in [-0.15, -0.1) is 0 Å². The molecule has 23 heavy (non-hydrogen) atoms. The number of hydrogen-bond donors (Lipinski definition) is 2. The fourth-order valence-corrected chi connectivity index (χ4v) is 3.03. The van der Waals surface area contributed by atoms with Crippen LogP contribution in [0.3, 0.4) is 0 Å². The lowest BCUT2D eigenvalue weighted by Gasteiger charge is -2.19. The van der Waals surface area contributed by atoms with Gasteiger partial charge in [-0.3, -0.25) is 4.79 Å². The minimum absolute atomic E-state index is 0.0189. The highest BCUT2D eigenvalue weighted by atomic mass is 16.3. The molecule has 1 aliphatic carbocycles. The molecule has 3 rings (SSSR count). The molecule has 1 aliphatic rings. The number of nitrogens with one attached hydrogen (secondary N) is 1. The molecule has 1 saturated carbocycles. The second-order valence-electron chi connectivity index (χ2n) is 6.40. The molecule has 0 aromatic heterocycles. The molecule has 0 heterocycles. The van der Waals surface area contributed by atoms with Crippen LogP contribution in [0.15, 0.2) is 54.6 Å². The van der Waals surface area contributed by atoms with Crippen LogP contribution in [0.5, 0.6) is 0 Å². The molecule has 2 unspecified atom stereocenters. The summed E-state index contributed by atoms with van der Waals surface area (Å²) in [6.07, 6.45) is 1.54. The van der Waals surface area contributed by atoms with Gasteiger partial charge in [0.25, 0.3) is 0 Å². The van der Waals surface area contributed by atoms with Gasteiger partial charge in [-0.05, 0) is 36.8 Å². The highest BCUT2D eigenvalue weighted by molar-refractivity contribution is 5.84. The Labute approximate surface area is 137 Å². The van der Waals surface area contributed by atoms with Gasteiger partial charge in [-0.25, -0.2) is 0 Å². The van der Waals surface area contributed by atoms with Gasteiger partial charge in [0.15, 0.2) is 0 Å². The molecule has 120 valence electrons. The van der Waals surface area contributed by atoms with E-state index in [4.69, 9.17) is 0 Å². The van der Waals surface area contributed by atoms with Gasteiger partial charge in [-0.2, -0.15) is 0 Å². The highest BCUT2D eigenvalue weighted by Gasteiger charge is 2.37. The predicted octanol–water partition coefficient (Wildman–Crippen LogP) is 3.34. The van der Waals surface area contributed by atoms with E-state index in [1.54, 1.807) is 0 Å². The van der Waals surface area contributed by atoms with Crippen LogP contribution in [0, 0.1) is 12.8 Å². The van der Waals surface area contributed by atoms with Crippen molar-refractivity contribution in [1.82, 2.24) is 5.32 Å². The smallest absolute Gasteiger partial charge is 0.227 e. The van der Waals surface area contributed by atoms with E-state index < -0.39 is 6.10 Å². The van der Waals surface area contributed by atoms with Crippen molar-refractivity contribution in [2.75, 3.05) is 6.54 Å². The Balaban J connectivity index is 1.63. The number of benzene rings is 2. The minimum atomic E-state index is -0.672. The largest absolute Gasteiger partial charge is 0.387 e. The quantitative estimate of drug-likeness (QED) is 0.860. The zero-order valence-corrected chi connectivity index (χ0v) is 13.4. The third-order valence-corrected chi connectivity index (χ3v) is 4.43. The number of aliphatic hydroxyl groups is 1. The summed E-state index contributed by atoms with van der Waals surface area (Å²) in [6, 6.07) is 17.7. The molecular formula is C20H23NO2. The van der Waals surface area contributed by atoms with E-state index in [9.17, 15) is 9.90 Å². The van der Waals surface area contributed by atoms with E-state index in [0.29, 0.717) is 5.92 Å². The topological polar surface area (TPSA) is 49.3 Å². The van der Waals surface area contributed by atoms with Crippen molar-refractivity contribution in [3.63, 3.8) is 0 Å². The standard InChI is InChI=1S/C20H23NO2/c1-14-6-5-9-17(12-14)18(22)13-21-20(23)19(16-10-11-16)15-7-3-2-4-8-15/h2-9,12,16,18-19,22H,10-11,13H2,1H3,(H,21,23). The van der Waals surface area contributed by atoms with E-state index in [1.165, 1.54) is 0 Å². The van der Waals surface area contributed by atoms with Crippen LogP contribution in [0.4, 0.5) is 0 Å². The van der Waals surface area contributed by atoms with Gasteiger partial charge in [0.2, 0.25) is 5.91 Å². The monoisotopic (exact) mass is 309 g/mol. The normalized spacial score (nSPS) is 16.6. The van der Waals surface area contributed by atoms with E-state index in [-0.39, 0.29) is 18.4 Å². The van der Waals surface area contributed by atoms with Crippen molar-refractivity contribution < 1.29 is 9.90 Å². The summed E-state index contributed by atoms with van der Waals surface area (Å²) in [5.74, 6) is 0.361. The Kier molecular flexibility index (Phi) is 4.77. The summed E-state index contributed by atoms with van der Waals surface area (Å²) >= 11 is 0. The third-order valence-electron chi connectivity index (χ3n) is 4.43. The maximum Gasteiger partial charge on any atom is 0.227 e. The molecule has 0 aliphatic heterocycles. The van der Waals surface area contributed by atoms with E-state index in [0.717, 1.165) is 29.5 Å². The van der Waals surface area contributed by atoms with Crippen LogP contribution in [0.2, 0.25) is 0 Å². The summed E-state index contributed by atoms with van der Waals surface area (Å²) in [6.45, 7) is 2.24. The average molecular weight is 309 g/mol. The van der Waals surface area contributed by atoms with Crippen molar-refractivity contribution in [2.24, 2.45) is 5.92 Å². The fraction of sp³-hybridized carbons (Fsp3) is 0.350. The fourth-order valence-electron chi connectivity index (χ4n) is 3.03. The first-order chi connectivity index (χ1) is 11.1. The predicted molar refractivity (Wildman–Crippen MR) is 91.1 cm³/mol. The number of amides is 1. The lowest BCUT2D eigenvalue weighted by Crippen LogP contribution is -2.33. The first-order valence-corrected chi connectivity index (χ1v) is 8.22. The van der Waals surface area contributed by atoms with Crippen LogP contribution >= 0.6 is 0 Å². The minimum Gasteiger partial charge on any atom is -0.387 e. The van der Waals surface area contributed by atoms with Gasteiger partial charge < -0.3 is 10.4 Å². The molecule has 2 N–H and O–H groups in total. The summed E-state index contributed by atoms with van der Waals surface area (Å²) in [5, 5.41) is 13.2. The maximum absolute atomic E-state index is 12.6. The molecule has 0 spiro atoms. The molecular weight excluding hydrogens is 286 g/mol. The van der Waals surface area contributed by atoms with Crippen LogP contribution in [0.1, 0.15) is 41.6 Å². The molecule has 0 bridgehead atoms. The zero-order chi connectivity index (χ0) is 16.2. The van der Waals surface area contributed by atoms with Crippen LogP contribution in [0.25, 0.3) is 0 Å². The summed E-state index contributed by atoms with van der Waals surface area (Å²) < 4.78 is 0. The SMILES string of the molecule is Cc1cccc(C(O)CNC(=O)C(c2ccccc2)C2CC2)c1. The second kappa shape index (κ2) is 6.97. The van der Waals surface area contributed by atoms with Gasteiger partial charge in [-0.1, -0.05) is 60.2 Å². The van der Waals surface area contributed by atoms with Crippen molar-refractivity contribution in [1.29, 1.82) is 0 Å². The van der Waals surface area contributed by atoms with Crippen molar-refractivity contribution in [2.45, 2.75) is 31.8 Å². The molecule has 0 radical (unpaired) electrons. The lowest BCUT2D eigenvalue weighted by atomic mass is 9.93. The number of aliphatic hydroxyl groups excluding tert-OH is 1. The average Bonchev–Trinajstić information content (AvgIpc) is 3.38. The number of hydrogen-bond acceptors (Lipinski definition) is 2.